The van der Waals surface area contributed by atoms with Crippen LogP contribution in [0.15, 0.2) is 59.1 Å². The molecule has 1 N–H and O–H groups in total. The van der Waals surface area contributed by atoms with Crippen molar-refractivity contribution in [2.75, 3.05) is 44.0 Å². The number of hydrogen-bond donors (Lipinski definition) is 1. The molecule has 210 valence electrons. The molecule has 2 heterocycles. The molecule has 0 atom stereocenters. The first kappa shape index (κ1) is 28.4. The molecule has 40 heavy (non-hydrogen) atoms. The van der Waals surface area contributed by atoms with Crippen molar-refractivity contribution in [1.82, 2.24) is 10.3 Å². The van der Waals surface area contributed by atoms with Crippen LogP contribution in [0, 0.1) is 5.82 Å². The Kier molecular flexibility index (Phi) is 9.26. The van der Waals surface area contributed by atoms with E-state index in [9.17, 15) is 9.18 Å². The highest BCUT2D eigenvalue weighted by molar-refractivity contribution is 7.99. The second-order valence-electron chi connectivity index (χ2n) is 9.51. The van der Waals surface area contributed by atoms with E-state index in [1.54, 1.807) is 43.4 Å². The average molecular weight is 584 g/mol. The van der Waals surface area contributed by atoms with Crippen LogP contribution in [0.3, 0.4) is 0 Å². The lowest BCUT2D eigenvalue weighted by Crippen LogP contribution is -2.22. The van der Waals surface area contributed by atoms with Crippen LogP contribution >= 0.6 is 23.5 Å². The topological polar surface area (TPSA) is 76.8 Å². The third kappa shape index (κ3) is 6.61. The smallest absolute Gasteiger partial charge is 0.255 e. The number of nitrogens with one attached hydrogen (secondary N) is 1. The molecule has 0 saturated heterocycles. The number of furan rings is 1. The number of rotatable bonds is 13. The molecular weight excluding hydrogens is 553 g/mol. The van der Waals surface area contributed by atoms with Gasteiger partial charge in [-0.2, -0.15) is 0 Å². The van der Waals surface area contributed by atoms with Crippen LogP contribution in [0.25, 0.3) is 22.3 Å². The minimum atomic E-state index is -0.345. The minimum absolute atomic E-state index is 0.239. The largest absolute Gasteiger partial charge is 0.455 e. The van der Waals surface area contributed by atoms with Gasteiger partial charge in [0.1, 0.15) is 22.3 Å². The maximum absolute atomic E-state index is 13.6. The number of carbonyl (C=O) groups is 1. The molecule has 5 rings (SSSR count). The molecule has 0 radical (unpaired) electrons. The fraction of sp³-hybridized carbons (Fsp3) is 0.333. The van der Waals surface area contributed by atoms with Crippen molar-refractivity contribution in [2.45, 2.75) is 25.4 Å². The summed E-state index contributed by atoms with van der Waals surface area (Å²) in [6, 6.07) is 13.8. The molecule has 0 bridgehead atoms. The summed E-state index contributed by atoms with van der Waals surface area (Å²) in [5.74, 6) is 0.285. The highest BCUT2D eigenvalue weighted by atomic mass is 35.5. The Morgan fingerprint density at radius 1 is 1.15 bits per heavy atom. The van der Waals surface area contributed by atoms with Gasteiger partial charge in [-0.1, -0.05) is 23.5 Å². The molecule has 1 saturated carbocycles. The normalized spacial score (nSPS) is 13.1. The van der Waals surface area contributed by atoms with Gasteiger partial charge in [0.2, 0.25) is 0 Å². The van der Waals surface area contributed by atoms with E-state index in [1.807, 2.05) is 18.4 Å². The SMILES string of the molecule is CNC(=O)c1c(-c2ccc(F)cc2)oc2cc(N(CCOCCOCc3ccnc(Cl)c3)SC)c(C3CC3)cc12. The second kappa shape index (κ2) is 13.0. The number of hydrogen-bond acceptors (Lipinski definition) is 7. The predicted molar refractivity (Wildman–Crippen MR) is 158 cm³/mol. The van der Waals surface area contributed by atoms with Crippen molar-refractivity contribution in [3.05, 3.63) is 82.4 Å². The summed E-state index contributed by atoms with van der Waals surface area (Å²) in [5.41, 5.74) is 4.94. The number of pyridine rings is 1. The summed E-state index contributed by atoms with van der Waals surface area (Å²) in [7, 11) is 1.60. The summed E-state index contributed by atoms with van der Waals surface area (Å²) < 4.78 is 33.6. The molecule has 1 amide bonds. The molecule has 4 aromatic rings. The Morgan fingerprint density at radius 3 is 2.62 bits per heavy atom. The van der Waals surface area contributed by atoms with Crippen molar-refractivity contribution in [2.24, 2.45) is 0 Å². The average Bonchev–Trinajstić information content (AvgIpc) is 3.74. The molecule has 7 nitrogen and oxygen atoms in total. The van der Waals surface area contributed by atoms with E-state index in [-0.39, 0.29) is 11.7 Å². The lowest BCUT2D eigenvalue weighted by atomic mass is 10.0. The zero-order chi connectivity index (χ0) is 28.1. The number of benzene rings is 2. The van der Waals surface area contributed by atoms with Gasteiger partial charge in [0.15, 0.2) is 0 Å². The first-order chi connectivity index (χ1) is 19.5. The van der Waals surface area contributed by atoms with E-state index in [4.69, 9.17) is 25.5 Å². The quantitative estimate of drug-likeness (QED) is 0.105. The Labute approximate surface area is 242 Å². The number of nitrogens with zero attached hydrogens (tertiary/aromatic N) is 2. The van der Waals surface area contributed by atoms with Crippen molar-refractivity contribution in [3.8, 4) is 11.3 Å². The number of fused-ring (bicyclic) bond motifs is 1. The van der Waals surface area contributed by atoms with Crippen LogP contribution in [0.2, 0.25) is 5.15 Å². The van der Waals surface area contributed by atoms with Crippen molar-refractivity contribution in [1.29, 1.82) is 0 Å². The van der Waals surface area contributed by atoms with Gasteiger partial charge in [-0.05, 0) is 72.4 Å². The Balaban J connectivity index is 1.30. The molecule has 1 aliphatic carbocycles. The highest BCUT2D eigenvalue weighted by Gasteiger charge is 2.31. The number of halogens is 2. The van der Waals surface area contributed by atoms with Crippen LogP contribution in [0.4, 0.5) is 10.1 Å². The molecule has 0 spiro atoms. The monoisotopic (exact) mass is 583 g/mol. The van der Waals surface area contributed by atoms with Crippen molar-refractivity contribution in [3.63, 3.8) is 0 Å². The summed E-state index contributed by atoms with van der Waals surface area (Å²) in [6.45, 7) is 2.59. The number of anilines is 1. The Bertz CT molecular complexity index is 1480. The first-order valence-electron chi connectivity index (χ1n) is 13.1. The van der Waals surface area contributed by atoms with Crippen LogP contribution in [-0.2, 0) is 16.1 Å². The van der Waals surface area contributed by atoms with E-state index in [0.29, 0.717) is 66.5 Å². The zero-order valence-corrected chi connectivity index (χ0v) is 24.0. The molecule has 2 aromatic carbocycles. The third-order valence-corrected chi connectivity index (χ3v) is 7.80. The lowest BCUT2D eigenvalue weighted by Gasteiger charge is -2.24. The van der Waals surface area contributed by atoms with Gasteiger partial charge in [0, 0.05) is 36.5 Å². The van der Waals surface area contributed by atoms with Gasteiger partial charge in [-0.3, -0.25) is 4.79 Å². The summed E-state index contributed by atoms with van der Waals surface area (Å²) in [4.78, 5) is 16.9. The highest BCUT2D eigenvalue weighted by Crippen LogP contribution is 2.48. The van der Waals surface area contributed by atoms with Crippen LogP contribution < -0.4 is 9.62 Å². The van der Waals surface area contributed by atoms with Gasteiger partial charge in [0.05, 0.1) is 44.2 Å². The zero-order valence-electron chi connectivity index (χ0n) is 22.4. The number of ether oxygens (including phenoxy) is 2. The third-order valence-electron chi connectivity index (χ3n) is 6.77. The molecule has 0 unspecified atom stereocenters. The lowest BCUT2D eigenvalue weighted by molar-refractivity contribution is 0.0436. The molecule has 0 aliphatic heterocycles. The fourth-order valence-corrected chi connectivity index (χ4v) is 5.45. The van der Waals surface area contributed by atoms with Gasteiger partial charge >= 0.3 is 0 Å². The van der Waals surface area contributed by atoms with E-state index in [0.717, 1.165) is 29.5 Å². The Morgan fingerprint density at radius 2 is 1.93 bits per heavy atom. The van der Waals surface area contributed by atoms with Gasteiger partial charge < -0.3 is 23.5 Å². The first-order valence-corrected chi connectivity index (χ1v) is 14.7. The summed E-state index contributed by atoms with van der Waals surface area (Å²) in [6.07, 6.45) is 5.91. The van der Waals surface area contributed by atoms with Crippen molar-refractivity contribution < 1.29 is 23.1 Å². The molecule has 1 fully saturated rings. The fourth-order valence-electron chi connectivity index (χ4n) is 4.64. The molecule has 1 aliphatic rings. The number of amides is 1. The van der Waals surface area contributed by atoms with E-state index in [2.05, 4.69) is 20.7 Å². The maximum atomic E-state index is 13.6. The van der Waals surface area contributed by atoms with Gasteiger partial charge in [-0.15, -0.1) is 0 Å². The molecule has 10 heteroatoms. The van der Waals surface area contributed by atoms with Gasteiger partial charge in [-0.25, -0.2) is 9.37 Å². The van der Waals surface area contributed by atoms with Crippen molar-refractivity contribution >= 4 is 46.1 Å². The van der Waals surface area contributed by atoms with E-state index in [1.165, 1.54) is 17.7 Å². The van der Waals surface area contributed by atoms with E-state index >= 15 is 0 Å². The number of carbonyl (C=O) groups excluding carboxylic acids is 1. The second-order valence-corrected chi connectivity index (χ2v) is 10.7. The van der Waals surface area contributed by atoms with Gasteiger partial charge in [0.25, 0.3) is 5.91 Å². The predicted octanol–water partition coefficient (Wildman–Crippen LogP) is 6.84. The molecular formula is C30H31ClFN3O4S. The maximum Gasteiger partial charge on any atom is 0.255 e. The summed E-state index contributed by atoms with van der Waals surface area (Å²) >= 11 is 7.53. The van der Waals surface area contributed by atoms with Crippen LogP contribution in [0.5, 0.6) is 0 Å². The van der Waals surface area contributed by atoms with Crippen LogP contribution in [-0.4, -0.2) is 50.6 Å². The summed E-state index contributed by atoms with van der Waals surface area (Å²) in [5, 5.41) is 3.94. The standard InChI is InChI=1S/C30H31ClFN3O4S/c1-33-30(36)28-24-16-23(20-3-4-20)25(17-26(24)39-29(28)21-5-7-22(32)8-6-21)35(40-2)11-12-37-13-14-38-18-19-9-10-34-27(31)15-19/h5-10,15-17,20H,3-4,11-14,18H2,1-2H3,(H,33,36). The van der Waals surface area contributed by atoms with Crippen LogP contribution in [0.1, 0.15) is 40.2 Å². The molecule has 2 aromatic heterocycles. The minimum Gasteiger partial charge on any atom is -0.455 e. The number of aromatic nitrogens is 1. The Hall–Kier alpha value is -3.11. The van der Waals surface area contributed by atoms with E-state index < -0.39 is 0 Å².